The van der Waals surface area contributed by atoms with E-state index in [1.54, 1.807) is 11.1 Å². The fraction of sp³-hybridized carbons (Fsp3) is 0.333. The molecule has 70 valence electrons. The fourth-order valence-electron chi connectivity index (χ4n) is 1.84. The Kier molecular flexibility index (Phi) is 1.77. The average molecular weight is 178 g/mol. The number of anilines is 3. The van der Waals surface area contributed by atoms with Crippen LogP contribution in [0.1, 0.15) is 12.0 Å². The van der Waals surface area contributed by atoms with Crippen molar-refractivity contribution in [3.8, 4) is 0 Å². The number of nitrogens with two attached hydrogens (primary N) is 3. The molecule has 0 radical (unpaired) electrons. The summed E-state index contributed by atoms with van der Waals surface area (Å²) in [6, 6.07) is 3.70. The van der Waals surface area contributed by atoms with Crippen LogP contribution in [-0.2, 0) is 6.42 Å². The van der Waals surface area contributed by atoms with Gasteiger partial charge in [0.05, 0.1) is 11.4 Å². The van der Waals surface area contributed by atoms with Crippen molar-refractivity contribution in [2.24, 2.45) is 5.84 Å². The van der Waals surface area contributed by atoms with Gasteiger partial charge in [0.2, 0.25) is 0 Å². The molecule has 2 rings (SSSR count). The second kappa shape index (κ2) is 2.81. The van der Waals surface area contributed by atoms with Gasteiger partial charge in [-0.2, -0.15) is 0 Å². The van der Waals surface area contributed by atoms with Crippen molar-refractivity contribution in [3.63, 3.8) is 0 Å². The van der Waals surface area contributed by atoms with Gasteiger partial charge >= 0.3 is 0 Å². The summed E-state index contributed by atoms with van der Waals surface area (Å²) in [6.45, 7) is 0.862. The minimum Gasteiger partial charge on any atom is -0.399 e. The largest absolute Gasteiger partial charge is 0.399 e. The predicted molar refractivity (Wildman–Crippen MR) is 55.1 cm³/mol. The summed E-state index contributed by atoms with van der Waals surface area (Å²) >= 11 is 0. The number of nitrogens with zero attached hydrogens (tertiary/aromatic N) is 1. The van der Waals surface area contributed by atoms with E-state index in [4.69, 9.17) is 17.3 Å². The normalized spacial score (nSPS) is 15.6. The maximum Gasteiger partial charge on any atom is 0.0780 e. The molecular weight excluding hydrogens is 164 g/mol. The van der Waals surface area contributed by atoms with Gasteiger partial charge in [0, 0.05) is 12.2 Å². The molecule has 1 heterocycles. The Morgan fingerprint density at radius 2 is 2.00 bits per heavy atom. The lowest BCUT2D eigenvalue weighted by molar-refractivity contribution is 0.715. The summed E-state index contributed by atoms with van der Waals surface area (Å²) in [6.07, 6.45) is 2.07. The maximum atomic E-state index is 5.83. The van der Waals surface area contributed by atoms with Gasteiger partial charge in [-0.25, -0.2) is 5.84 Å². The second-order valence-electron chi connectivity index (χ2n) is 3.41. The highest BCUT2D eigenvalue weighted by molar-refractivity contribution is 5.76. The topological polar surface area (TPSA) is 81.3 Å². The van der Waals surface area contributed by atoms with Crippen LogP contribution >= 0.6 is 0 Å². The van der Waals surface area contributed by atoms with Crippen LogP contribution in [0.4, 0.5) is 17.1 Å². The zero-order valence-corrected chi connectivity index (χ0v) is 7.46. The zero-order valence-electron chi connectivity index (χ0n) is 7.46. The monoisotopic (exact) mass is 178 g/mol. The SMILES string of the molecule is Nc1cc(N)c2c(c1)CCCN2N. The Morgan fingerprint density at radius 1 is 1.23 bits per heavy atom. The first-order valence-corrected chi connectivity index (χ1v) is 4.38. The maximum absolute atomic E-state index is 5.83. The minimum atomic E-state index is 0.678. The number of nitrogen functional groups attached to an aromatic ring is 2. The zero-order chi connectivity index (χ0) is 9.42. The van der Waals surface area contributed by atoms with Crippen LogP contribution < -0.4 is 22.3 Å². The predicted octanol–water partition coefficient (Wildman–Crippen LogP) is 0.477. The van der Waals surface area contributed by atoms with Gasteiger partial charge in [0.15, 0.2) is 0 Å². The Balaban J connectivity index is 2.56. The van der Waals surface area contributed by atoms with Crippen molar-refractivity contribution >= 4 is 17.1 Å². The lowest BCUT2D eigenvalue weighted by Crippen LogP contribution is -2.36. The van der Waals surface area contributed by atoms with Crippen molar-refractivity contribution in [2.45, 2.75) is 12.8 Å². The molecule has 4 nitrogen and oxygen atoms in total. The van der Waals surface area contributed by atoms with Crippen LogP contribution in [0, 0.1) is 0 Å². The Morgan fingerprint density at radius 3 is 2.77 bits per heavy atom. The number of hydrogen-bond donors (Lipinski definition) is 3. The van der Waals surface area contributed by atoms with E-state index in [-0.39, 0.29) is 0 Å². The van der Waals surface area contributed by atoms with Crippen LogP contribution in [0.2, 0.25) is 0 Å². The van der Waals surface area contributed by atoms with Crippen molar-refractivity contribution < 1.29 is 0 Å². The van der Waals surface area contributed by atoms with E-state index in [0.717, 1.165) is 30.6 Å². The van der Waals surface area contributed by atoms with Gasteiger partial charge in [0.1, 0.15) is 0 Å². The molecule has 0 bridgehead atoms. The summed E-state index contributed by atoms with van der Waals surface area (Å²) in [5, 5.41) is 1.70. The van der Waals surface area contributed by atoms with Crippen molar-refractivity contribution in [1.82, 2.24) is 0 Å². The molecule has 13 heavy (non-hydrogen) atoms. The molecule has 0 fully saturated rings. The van der Waals surface area contributed by atoms with E-state index in [2.05, 4.69) is 0 Å². The van der Waals surface area contributed by atoms with Gasteiger partial charge in [-0.1, -0.05) is 0 Å². The van der Waals surface area contributed by atoms with Crippen LogP contribution in [0.15, 0.2) is 12.1 Å². The standard InChI is InChI=1S/C9H14N4/c10-7-4-6-2-1-3-13(12)9(6)8(11)5-7/h4-5H,1-3,10-12H2. The fourth-order valence-corrected chi connectivity index (χ4v) is 1.84. The van der Waals surface area contributed by atoms with Gasteiger partial charge in [-0.3, -0.25) is 0 Å². The van der Waals surface area contributed by atoms with E-state index < -0.39 is 0 Å². The van der Waals surface area contributed by atoms with Gasteiger partial charge in [-0.15, -0.1) is 0 Å². The lowest BCUT2D eigenvalue weighted by Gasteiger charge is -2.28. The van der Waals surface area contributed by atoms with Gasteiger partial charge in [-0.05, 0) is 30.5 Å². The summed E-state index contributed by atoms with van der Waals surface area (Å²) in [5.41, 5.74) is 15.0. The Bertz CT molecular complexity index is 335. The van der Waals surface area contributed by atoms with Crippen LogP contribution in [0.3, 0.4) is 0 Å². The molecular formula is C9H14N4. The third-order valence-electron chi connectivity index (χ3n) is 2.37. The van der Waals surface area contributed by atoms with Gasteiger partial charge < -0.3 is 16.5 Å². The van der Waals surface area contributed by atoms with E-state index in [1.165, 1.54) is 0 Å². The van der Waals surface area contributed by atoms with Gasteiger partial charge in [0.25, 0.3) is 0 Å². The highest BCUT2D eigenvalue weighted by atomic mass is 15.4. The molecule has 4 heteroatoms. The number of benzene rings is 1. The summed E-state index contributed by atoms with van der Waals surface area (Å²) in [7, 11) is 0. The molecule has 0 amide bonds. The first kappa shape index (κ1) is 8.19. The number of hydrazine groups is 1. The highest BCUT2D eigenvalue weighted by Gasteiger charge is 2.17. The molecule has 0 saturated carbocycles. The molecule has 1 aliphatic heterocycles. The molecule has 0 saturated heterocycles. The molecule has 1 aliphatic rings. The average Bonchev–Trinajstić information content (AvgIpc) is 2.02. The van der Waals surface area contributed by atoms with E-state index >= 15 is 0 Å². The van der Waals surface area contributed by atoms with Crippen molar-refractivity contribution in [3.05, 3.63) is 17.7 Å². The smallest absolute Gasteiger partial charge is 0.0780 e. The van der Waals surface area contributed by atoms with Crippen LogP contribution in [0.5, 0.6) is 0 Å². The molecule has 0 aliphatic carbocycles. The molecule has 1 aromatic carbocycles. The van der Waals surface area contributed by atoms with Crippen molar-refractivity contribution in [2.75, 3.05) is 23.0 Å². The lowest BCUT2D eigenvalue weighted by atomic mass is 10.0. The van der Waals surface area contributed by atoms with E-state index in [9.17, 15) is 0 Å². The van der Waals surface area contributed by atoms with E-state index in [0.29, 0.717) is 11.4 Å². The molecule has 6 N–H and O–H groups in total. The number of fused-ring (bicyclic) bond motifs is 1. The van der Waals surface area contributed by atoms with Crippen LogP contribution in [-0.4, -0.2) is 6.54 Å². The molecule has 0 unspecified atom stereocenters. The highest BCUT2D eigenvalue weighted by Crippen LogP contribution is 2.32. The first-order chi connectivity index (χ1) is 6.18. The number of rotatable bonds is 0. The van der Waals surface area contributed by atoms with E-state index in [1.807, 2.05) is 6.07 Å². The number of aryl methyl sites for hydroxylation is 1. The summed E-state index contributed by atoms with van der Waals surface area (Å²) in [5.74, 6) is 5.81. The third kappa shape index (κ3) is 1.29. The van der Waals surface area contributed by atoms with Crippen molar-refractivity contribution in [1.29, 1.82) is 0 Å². The minimum absolute atomic E-state index is 0.678. The quantitative estimate of drug-likeness (QED) is 0.398. The third-order valence-corrected chi connectivity index (χ3v) is 2.37. The Hall–Kier alpha value is -1.42. The Labute approximate surface area is 77.3 Å². The molecule has 0 aromatic heterocycles. The summed E-state index contributed by atoms with van der Waals surface area (Å²) in [4.78, 5) is 0. The molecule has 0 spiro atoms. The molecule has 0 atom stereocenters. The molecule has 1 aromatic rings. The first-order valence-electron chi connectivity index (χ1n) is 4.38. The number of hydrogen-bond acceptors (Lipinski definition) is 4. The summed E-state index contributed by atoms with van der Waals surface area (Å²) < 4.78 is 0. The second-order valence-corrected chi connectivity index (χ2v) is 3.41. The van der Waals surface area contributed by atoms with Crippen LogP contribution in [0.25, 0.3) is 0 Å².